The van der Waals surface area contributed by atoms with Gasteiger partial charge in [0.25, 0.3) is 0 Å². The Kier molecular flexibility index (Phi) is 2.90. The van der Waals surface area contributed by atoms with Crippen LogP contribution in [0.5, 0.6) is 0 Å². The van der Waals surface area contributed by atoms with Gasteiger partial charge >= 0.3 is 0 Å². The van der Waals surface area contributed by atoms with Crippen molar-refractivity contribution in [2.45, 2.75) is 37.8 Å². The van der Waals surface area contributed by atoms with Gasteiger partial charge in [0.15, 0.2) is 0 Å². The minimum absolute atomic E-state index is 0.00296. The molecular formula is C10H17N3O2. The normalized spacial score (nSPS) is 25.6. The molecule has 1 heterocycles. The highest BCUT2D eigenvalue weighted by Gasteiger charge is 2.33. The van der Waals surface area contributed by atoms with Crippen LogP contribution in [0.3, 0.4) is 0 Å². The van der Waals surface area contributed by atoms with Gasteiger partial charge in [-0.2, -0.15) is 0 Å². The molecule has 2 rings (SSSR count). The highest BCUT2D eigenvalue weighted by atomic mass is 16.2. The first-order valence-corrected chi connectivity index (χ1v) is 5.50. The van der Waals surface area contributed by atoms with E-state index in [2.05, 4.69) is 5.32 Å². The Morgan fingerprint density at radius 3 is 2.67 bits per heavy atom. The lowest BCUT2D eigenvalue weighted by Gasteiger charge is -2.22. The van der Waals surface area contributed by atoms with Crippen LogP contribution in [0.2, 0.25) is 0 Å². The Balaban J connectivity index is 1.84. The number of hydrogen-bond acceptors (Lipinski definition) is 3. The molecule has 5 nitrogen and oxygen atoms in total. The SMILES string of the molecule is NC(=O)C1CCCN1C(=O)CNC1CC1. The van der Waals surface area contributed by atoms with Crippen molar-refractivity contribution in [1.82, 2.24) is 10.2 Å². The van der Waals surface area contributed by atoms with E-state index in [1.54, 1.807) is 4.90 Å². The molecule has 2 fully saturated rings. The second kappa shape index (κ2) is 4.18. The van der Waals surface area contributed by atoms with Crippen molar-refractivity contribution >= 4 is 11.8 Å². The Bertz CT molecular complexity index is 276. The van der Waals surface area contributed by atoms with Crippen molar-refractivity contribution in [3.8, 4) is 0 Å². The number of likely N-dealkylation sites (tertiary alicyclic amines) is 1. The van der Waals surface area contributed by atoms with Gasteiger partial charge in [0, 0.05) is 12.6 Å². The summed E-state index contributed by atoms with van der Waals surface area (Å²) in [6.07, 6.45) is 3.91. The van der Waals surface area contributed by atoms with Gasteiger partial charge in [0.2, 0.25) is 11.8 Å². The van der Waals surface area contributed by atoms with Gasteiger partial charge < -0.3 is 16.0 Å². The van der Waals surface area contributed by atoms with Crippen LogP contribution in [0.1, 0.15) is 25.7 Å². The molecule has 1 saturated carbocycles. The van der Waals surface area contributed by atoms with Gasteiger partial charge in [-0.3, -0.25) is 9.59 Å². The van der Waals surface area contributed by atoms with Crippen LogP contribution in [0.15, 0.2) is 0 Å². The largest absolute Gasteiger partial charge is 0.368 e. The van der Waals surface area contributed by atoms with E-state index in [9.17, 15) is 9.59 Å². The second-order valence-corrected chi connectivity index (χ2v) is 4.30. The lowest BCUT2D eigenvalue weighted by atomic mass is 10.2. The Hall–Kier alpha value is -1.10. The first-order valence-electron chi connectivity index (χ1n) is 5.50. The summed E-state index contributed by atoms with van der Waals surface area (Å²) in [5.74, 6) is -0.379. The summed E-state index contributed by atoms with van der Waals surface area (Å²) in [6, 6.07) is 0.141. The first kappa shape index (κ1) is 10.4. The fourth-order valence-electron chi connectivity index (χ4n) is 1.98. The molecule has 1 atom stereocenters. The maximum absolute atomic E-state index is 11.7. The zero-order valence-corrected chi connectivity index (χ0v) is 8.74. The zero-order chi connectivity index (χ0) is 10.8. The van der Waals surface area contributed by atoms with Crippen molar-refractivity contribution < 1.29 is 9.59 Å². The number of carbonyl (C=O) groups excluding carboxylic acids is 2. The summed E-state index contributed by atoms with van der Waals surface area (Å²) in [7, 11) is 0. The number of primary amides is 1. The molecule has 1 aliphatic carbocycles. The molecule has 0 radical (unpaired) electrons. The highest BCUT2D eigenvalue weighted by Crippen LogP contribution is 2.19. The number of carbonyl (C=O) groups is 2. The molecule has 5 heteroatoms. The van der Waals surface area contributed by atoms with Crippen LogP contribution in [-0.4, -0.2) is 41.9 Å². The van der Waals surface area contributed by atoms with E-state index in [1.165, 1.54) is 0 Å². The molecule has 0 bridgehead atoms. The monoisotopic (exact) mass is 211 g/mol. The standard InChI is InChI=1S/C10H17N3O2/c11-10(15)8-2-1-5-13(8)9(14)6-12-7-3-4-7/h7-8,12H,1-6H2,(H2,11,15). The minimum atomic E-state index is -0.382. The van der Waals surface area contributed by atoms with E-state index in [4.69, 9.17) is 5.73 Å². The van der Waals surface area contributed by atoms with Crippen molar-refractivity contribution in [2.75, 3.05) is 13.1 Å². The molecule has 84 valence electrons. The van der Waals surface area contributed by atoms with Crippen LogP contribution >= 0.6 is 0 Å². The molecule has 0 aromatic heterocycles. The molecule has 1 unspecified atom stereocenters. The van der Waals surface area contributed by atoms with Crippen molar-refractivity contribution in [1.29, 1.82) is 0 Å². The number of rotatable bonds is 4. The van der Waals surface area contributed by atoms with E-state index < -0.39 is 0 Å². The number of nitrogens with two attached hydrogens (primary N) is 1. The van der Waals surface area contributed by atoms with Gasteiger partial charge in [-0.15, -0.1) is 0 Å². The van der Waals surface area contributed by atoms with Crippen LogP contribution in [-0.2, 0) is 9.59 Å². The number of nitrogens with one attached hydrogen (secondary N) is 1. The van der Waals surface area contributed by atoms with Crippen molar-refractivity contribution in [2.24, 2.45) is 5.73 Å². The summed E-state index contributed by atoms with van der Waals surface area (Å²) in [4.78, 5) is 24.4. The molecule has 0 aromatic rings. The maximum atomic E-state index is 11.7. The zero-order valence-electron chi connectivity index (χ0n) is 8.74. The van der Waals surface area contributed by atoms with Gasteiger partial charge in [0.1, 0.15) is 6.04 Å². The third kappa shape index (κ3) is 2.47. The average molecular weight is 211 g/mol. The van der Waals surface area contributed by atoms with Crippen molar-refractivity contribution in [3.63, 3.8) is 0 Å². The Morgan fingerprint density at radius 2 is 2.07 bits per heavy atom. The molecule has 15 heavy (non-hydrogen) atoms. The Labute approximate surface area is 89.0 Å². The molecule has 2 amide bonds. The van der Waals surface area contributed by atoms with Crippen LogP contribution in [0, 0.1) is 0 Å². The average Bonchev–Trinajstić information content (AvgIpc) is 2.88. The molecule has 0 spiro atoms. The summed E-state index contributed by atoms with van der Waals surface area (Å²) in [5, 5.41) is 3.15. The van der Waals surface area contributed by atoms with Gasteiger partial charge in [0.05, 0.1) is 6.54 Å². The molecule has 2 aliphatic rings. The number of amides is 2. The molecular weight excluding hydrogens is 194 g/mol. The summed E-state index contributed by atoms with van der Waals surface area (Å²) in [5.41, 5.74) is 5.24. The minimum Gasteiger partial charge on any atom is -0.368 e. The van der Waals surface area contributed by atoms with Gasteiger partial charge in [-0.25, -0.2) is 0 Å². The lowest BCUT2D eigenvalue weighted by molar-refractivity contribution is -0.136. The van der Waals surface area contributed by atoms with Crippen molar-refractivity contribution in [3.05, 3.63) is 0 Å². The van der Waals surface area contributed by atoms with Crippen LogP contribution in [0.4, 0.5) is 0 Å². The fraction of sp³-hybridized carbons (Fsp3) is 0.800. The molecule has 1 aliphatic heterocycles. The summed E-state index contributed by atoms with van der Waals surface area (Å²) in [6.45, 7) is 1.01. The van der Waals surface area contributed by atoms with Crippen LogP contribution < -0.4 is 11.1 Å². The van der Waals surface area contributed by atoms with Gasteiger partial charge in [-0.1, -0.05) is 0 Å². The molecule has 1 saturated heterocycles. The van der Waals surface area contributed by atoms with E-state index >= 15 is 0 Å². The fourth-order valence-corrected chi connectivity index (χ4v) is 1.98. The third-order valence-corrected chi connectivity index (χ3v) is 3.02. The maximum Gasteiger partial charge on any atom is 0.240 e. The van der Waals surface area contributed by atoms with E-state index in [1.807, 2.05) is 0 Å². The Morgan fingerprint density at radius 1 is 1.33 bits per heavy atom. The topological polar surface area (TPSA) is 75.4 Å². The first-order chi connectivity index (χ1) is 7.18. The second-order valence-electron chi connectivity index (χ2n) is 4.30. The van der Waals surface area contributed by atoms with Crippen LogP contribution in [0.25, 0.3) is 0 Å². The highest BCUT2D eigenvalue weighted by molar-refractivity contribution is 5.88. The van der Waals surface area contributed by atoms with E-state index in [0.29, 0.717) is 25.6 Å². The number of nitrogens with zero attached hydrogens (tertiary/aromatic N) is 1. The quantitative estimate of drug-likeness (QED) is 0.640. The van der Waals surface area contributed by atoms with E-state index in [-0.39, 0.29) is 17.9 Å². The summed E-state index contributed by atoms with van der Waals surface area (Å²) >= 11 is 0. The third-order valence-electron chi connectivity index (χ3n) is 3.02. The molecule has 0 aromatic carbocycles. The molecule has 3 N–H and O–H groups in total. The van der Waals surface area contributed by atoms with E-state index in [0.717, 1.165) is 19.3 Å². The predicted molar refractivity (Wildman–Crippen MR) is 55.0 cm³/mol. The van der Waals surface area contributed by atoms with Gasteiger partial charge in [-0.05, 0) is 25.7 Å². The number of hydrogen-bond donors (Lipinski definition) is 2. The smallest absolute Gasteiger partial charge is 0.240 e. The summed E-state index contributed by atoms with van der Waals surface area (Å²) < 4.78 is 0. The lowest BCUT2D eigenvalue weighted by Crippen LogP contribution is -2.47. The predicted octanol–water partition coefficient (Wildman–Crippen LogP) is -0.785.